The van der Waals surface area contributed by atoms with Crippen LogP contribution in [0.3, 0.4) is 0 Å². The van der Waals surface area contributed by atoms with Crippen LogP contribution in [0.5, 0.6) is 0 Å². The van der Waals surface area contributed by atoms with Crippen molar-refractivity contribution < 1.29 is 4.79 Å². The predicted octanol–water partition coefficient (Wildman–Crippen LogP) is 4.91. The lowest BCUT2D eigenvalue weighted by Gasteiger charge is -2.03. The van der Waals surface area contributed by atoms with E-state index in [0.717, 1.165) is 11.1 Å². The largest absolute Gasteiger partial charge is 0.288 e. The summed E-state index contributed by atoms with van der Waals surface area (Å²) in [7, 11) is 0. The number of carbonyl (C=O) groups is 1. The van der Waals surface area contributed by atoms with Gasteiger partial charge in [-0.1, -0.05) is 66.2 Å². The van der Waals surface area contributed by atoms with Crippen LogP contribution in [0.1, 0.15) is 21.5 Å². The molecule has 2 aromatic rings. The molecule has 0 bridgehead atoms. The summed E-state index contributed by atoms with van der Waals surface area (Å²) in [5.41, 5.74) is 2.27. The van der Waals surface area contributed by atoms with Gasteiger partial charge in [-0.05, 0) is 30.2 Å². The molecule has 0 saturated heterocycles. The van der Waals surface area contributed by atoms with Crippen LogP contribution in [-0.4, -0.2) is 5.78 Å². The maximum Gasteiger partial charge on any atom is 0.203 e. The van der Waals surface area contributed by atoms with Crippen LogP contribution in [0.2, 0.25) is 0 Å². The number of hydrogen-bond acceptors (Lipinski definition) is 2. The van der Waals surface area contributed by atoms with E-state index in [0.29, 0.717) is 10.6 Å². The van der Waals surface area contributed by atoms with Gasteiger partial charge in [-0.15, -0.1) is 0 Å². The van der Waals surface area contributed by atoms with Crippen molar-refractivity contribution in [1.29, 1.82) is 5.26 Å². The fourth-order valence-corrected chi connectivity index (χ4v) is 2.24. The van der Waals surface area contributed by atoms with Crippen LogP contribution in [0.4, 0.5) is 0 Å². The monoisotopic (exact) mass is 307 g/mol. The number of allylic oxidation sites excluding steroid dienone is 3. The molecule has 0 aromatic heterocycles. The predicted molar refractivity (Wildman–Crippen MR) is 89.5 cm³/mol. The summed E-state index contributed by atoms with van der Waals surface area (Å²) in [4.78, 5) is 12.4. The Morgan fingerprint density at radius 2 is 1.73 bits per heavy atom. The maximum atomic E-state index is 12.4. The van der Waals surface area contributed by atoms with Crippen molar-refractivity contribution in [3.63, 3.8) is 0 Å². The average Bonchev–Trinajstić information content (AvgIpc) is 2.53. The third-order valence-electron chi connectivity index (χ3n) is 3.14. The van der Waals surface area contributed by atoms with Gasteiger partial charge in [-0.2, -0.15) is 5.26 Å². The first-order valence-electron chi connectivity index (χ1n) is 6.76. The minimum absolute atomic E-state index is 0.0199. The van der Waals surface area contributed by atoms with Gasteiger partial charge in [-0.3, -0.25) is 4.79 Å². The first-order chi connectivity index (χ1) is 10.6. The molecule has 0 N–H and O–H groups in total. The second kappa shape index (κ2) is 7.40. The lowest BCUT2D eigenvalue weighted by Crippen LogP contribution is -2.04. The highest BCUT2D eigenvalue weighted by molar-refractivity contribution is 6.33. The van der Waals surface area contributed by atoms with Gasteiger partial charge in [0.15, 0.2) is 0 Å². The Morgan fingerprint density at radius 1 is 1.09 bits per heavy atom. The van der Waals surface area contributed by atoms with E-state index in [-0.39, 0.29) is 11.4 Å². The highest BCUT2D eigenvalue weighted by atomic mass is 35.5. The van der Waals surface area contributed by atoms with Gasteiger partial charge in [0.1, 0.15) is 11.6 Å². The number of nitriles is 1. The van der Waals surface area contributed by atoms with Gasteiger partial charge in [0, 0.05) is 10.6 Å². The minimum Gasteiger partial charge on any atom is -0.288 e. The summed E-state index contributed by atoms with van der Waals surface area (Å²) < 4.78 is 0. The molecule has 2 aromatic carbocycles. The Hall–Kier alpha value is -2.63. The first kappa shape index (κ1) is 15.8. The molecule has 0 saturated carbocycles. The number of hydrogen-bond donors (Lipinski definition) is 0. The molecule has 0 spiro atoms. The summed E-state index contributed by atoms with van der Waals surface area (Å²) in [5, 5.41) is 9.58. The van der Waals surface area contributed by atoms with Crippen LogP contribution in [0, 0.1) is 18.3 Å². The molecule has 0 aliphatic rings. The second-order valence-electron chi connectivity index (χ2n) is 4.75. The van der Waals surface area contributed by atoms with Gasteiger partial charge in [0.05, 0.1) is 0 Å². The molecule has 0 amide bonds. The fourth-order valence-electron chi connectivity index (χ4n) is 2.01. The lowest BCUT2D eigenvalue weighted by molar-refractivity contribution is 0.103. The van der Waals surface area contributed by atoms with Gasteiger partial charge >= 0.3 is 0 Å². The summed E-state index contributed by atoms with van der Waals surface area (Å²) in [5.74, 6) is -0.319. The molecule has 108 valence electrons. The molecule has 2 nitrogen and oxygen atoms in total. The van der Waals surface area contributed by atoms with Crippen molar-refractivity contribution in [2.75, 3.05) is 0 Å². The maximum absolute atomic E-state index is 12.4. The number of ketones is 1. The van der Waals surface area contributed by atoms with Crippen LogP contribution >= 0.6 is 11.6 Å². The van der Waals surface area contributed by atoms with Crippen molar-refractivity contribution >= 4 is 23.5 Å². The number of aryl methyl sites for hydroxylation is 1. The van der Waals surface area contributed by atoms with Crippen molar-refractivity contribution in [3.05, 3.63) is 88.0 Å². The zero-order valence-corrected chi connectivity index (χ0v) is 12.8. The number of rotatable bonds is 4. The number of benzene rings is 2. The van der Waals surface area contributed by atoms with E-state index in [1.807, 2.05) is 55.5 Å². The highest BCUT2D eigenvalue weighted by Gasteiger charge is 2.14. The van der Waals surface area contributed by atoms with Gasteiger partial charge in [-0.25, -0.2) is 0 Å². The Kier molecular flexibility index (Phi) is 5.30. The SMILES string of the molecule is Cc1ccccc1C(=O)/C(C#N)=C/C(Cl)=C/c1ccccc1. The quantitative estimate of drug-likeness (QED) is 0.348. The average molecular weight is 308 g/mol. The lowest BCUT2D eigenvalue weighted by atomic mass is 9.99. The van der Waals surface area contributed by atoms with Crippen molar-refractivity contribution in [3.8, 4) is 6.07 Å². The van der Waals surface area contributed by atoms with E-state index in [1.54, 1.807) is 18.2 Å². The Balaban J connectivity index is 2.32. The third-order valence-corrected chi connectivity index (χ3v) is 3.36. The molecule has 0 radical (unpaired) electrons. The van der Waals surface area contributed by atoms with E-state index >= 15 is 0 Å². The summed E-state index contributed by atoms with van der Waals surface area (Å²) in [6.07, 6.45) is 3.12. The second-order valence-corrected chi connectivity index (χ2v) is 5.19. The van der Waals surface area contributed by atoms with E-state index in [1.165, 1.54) is 6.08 Å². The normalized spacial score (nSPS) is 11.9. The zero-order valence-electron chi connectivity index (χ0n) is 12.1. The molecule has 22 heavy (non-hydrogen) atoms. The molecule has 2 rings (SSSR count). The smallest absolute Gasteiger partial charge is 0.203 e. The molecular weight excluding hydrogens is 294 g/mol. The van der Waals surface area contributed by atoms with E-state index in [9.17, 15) is 10.1 Å². The van der Waals surface area contributed by atoms with Crippen molar-refractivity contribution in [2.24, 2.45) is 0 Å². The number of nitrogens with zero attached hydrogens (tertiary/aromatic N) is 1. The molecule has 0 fully saturated rings. The van der Waals surface area contributed by atoms with Crippen LogP contribution < -0.4 is 0 Å². The van der Waals surface area contributed by atoms with E-state index in [2.05, 4.69) is 0 Å². The number of halogens is 1. The fraction of sp³-hybridized carbons (Fsp3) is 0.0526. The minimum atomic E-state index is -0.319. The highest BCUT2D eigenvalue weighted by Crippen LogP contribution is 2.17. The number of carbonyl (C=O) groups excluding carboxylic acids is 1. The Labute approximate surface area is 135 Å². The van der Waals surface area contributed by atoms with Crippen LogP contribution in [-0.2, 0) is 0 Å². The molecule has 0 heterocycles. The summed E-state index contributed by atoms with van der Waals surface area (Å²) in [6.45, 7) is 1.84. The molecule has 0 aliphatic heterocycles. The van der Waals surface area contributed by atoms with Crippen LogP contribution in [0.15, 0.2) is 71.3 Å². The van der Waals surface area contributed by atoms with Gasteiger partial charge in [0.25, 0.3) is 0 Å². The van der Waals surface area contributed by atoms with Gasteiger partial charge in [0.2, 0.25) is 5.78 Å². The third kappa shape index (κ3) is 3.94. The Bertz CT molecular complexity index is 783. The van der Waals surface area contributed by atoms with Gasteiger partial charge < -0.3 is 0 Å². The molecule has 0 aliphatic carbocycles. The Morgan fingerprint density at radius 3 is 2.36 bits per heavy atom. The first-order valence-corrected chi connectivity index (χ1v) is 7.14. The van der Waals surface area contributed by atoms with Crippen LogP contribution in [0.25, 0.3) is 6.08 Å². The van der Waals surface area contributed by atoms with E-state index in [4.69, 9.17) is 11.6 Å². The van der Waals surface area contributed by atoms with Crippen molar-refractivity contribution in [1.82, 2.24) is 0 Å². The van der Waals surface area contributed by atoms with E-state index < -0.39 is 0 Å². The standard InChI is InChI=1S/C19H14ClNO/c1-14-7-5-6-10-18(14)19(22)16(13-21)12-17(20)11-15-8-3-2-4-9-15/h2-12H,1H3/b16-12+,17-11-. The molecular formula is C19H14ClNO. The molecule has 3 heteroatoms. The summed E-state index contributed by atoms with van der Waals surface area (Å²) in [6, 6.07) is 18.6. The molecule has 0 atom stereocenters. The summed E-state index contributed by atoms with van der Waals surface area (Å²) >= 11 is 6.14. The van der Waals surface area contributed by atoms with Crippen molar-refractivity contribution in [2.45, 2.75) is 6.92 Å². The zero-order chi connectivity index (χ0) is 15.9. The topological polar surface area (TPSA) is 40.9 Å². The molecule has 0 unspecified atom stereocenters. The number of Topliss-reactive ketones (excluding diaryl/α,β-unsaturated/α-hetero) is 1.